The maximum absolute atomic E-state index is 13.0. The minimum atomic E-state index is -0.284. The van der Waals surface area contributed by atoms with E-state index in [1.807, 2.05) is 60.4 Å². The van der Waals surface area contributed by atoms with Crippen molar-refractivity contribution in [3.63, 3.8) is 0 Å². The largest absolute Gasteiger partial charge is 0.483 e. The van der Waals surface area contributed by atoms with Gasteiger partial charge >= 0.3 is 0 Å². The average molecular weight is 440 g/mol. The third-order valence-electron chi connectivity index (χ3n) is 5.69. The van der Waals surface area contributed by atoms with E-state index in [1.165, 1.54) is 0 Å². The van der Waals surface area contributed by atoms with Crippen LogP contribution < -0.4 is 10.1 Å². The highest BCUT2D eigenvalue weighted by Gasteiger charge is 2.23. The smallest absolute Gasteiger partial charge is 0.269 e. The van der Waals surface area contributed by atoms with E-state index in [-0.39, 0.29) is 24.5 Å². The Labute approximate surface area is 186 Å². The van der Waals surface area contributed by atoms with Crippen molar-refractivity contribution in [2.45, 2.75) is 32.2 Å². The Hall–Kier alpha value is -2.99. The fraction of sp³-hybridized carbons (Fsp3) is 0.333. The third kappa shape index (κ3) is 4.54. The number of carbonyl (C=O) groups is 2. The number of rotatable bonds is 7. The number of H-pyrrole nitrogens is 1. The zero-order valence-corrected chi connectivity index (χ0v) is 18.2. The lowest BCUT2D eigenvalue weighted by Gasteiger charge is -2.21. The molecule has 1 fully saturated rings. The standard InChI is InChI=1S/C24H26ClN3O3/c1-2-18(27-24(30)23-22(25)17-10-3-5-11-19(17)26-23)16-9-4-6-12-20(16)31-15-21(29)28-13-7-8-14-28/h3-6,9-12,18,26H,2,7-8,13-15H2,1H3,(H,27,30). The molecule has 2 heterocycles. The van der Waals surface area contributed by atoms with Crippen molar-refractivity contribution in [3.05, 3.63) is 64.8 Å². The van der Waals surface area contributed by atoms with Gasteiger partial charge in [-0.05, 0) is 31.4 Å². The van der Waals surface area contributed by atoms with Gasteiger partial charge in [-0.15, -0.1) is 0 Å². The number of aromatic amines is 1. The van der Waals surface area contributed by atoms with Crippen LogP contribution in [0.5, 0.6) is 5.75 Å². The van der Waals surface area contributed by atoms with Crippen molar-refractivity contribution in [1.29, 1.82) is 0 Å². The summed E-state index contributed by atoms with van der Waals surface area (Å²) in [5.41, 5.74) is 1.98. The van der Waals surface area contributed by atoms with Crippen LogP contribution in [0, 0.1) is 0 Å². The minimum absolute atomic E-state index is 0.00472. The lowest BCUT2D eigenvalue weighted by molar-refractivity contribution is -0.132. The summed E-state index contributed by atoms with van der Waals surface area (Å²) in [6, 6.07) is 14.8. The van der Waals surface area contributed by atoms with Crippen LogP contribution >= 0.6 is 11.6 Å². The number of hydrogen-bond acceptors (Lipinski definition) is 3. The van der Waals surface area contributed by atoms with Gasteiger partial charge in [0.2, 0.25) is 0 Å². The van der Waals surface area contributed by atoms with Crippen LogP contribution in [-0.4, -0.2) is 41.4 Å². The summed E-state index contributed by atoms with van der Waals surface area (Å²) in [4.78, 5) is 30.3. The maximum atomic E-state index is 13.0. The Bertz CT molecular complexity index is 1090. The summed E-state index contributed by atoms with van der Waals surface area (Å²) in [7, 11) is 0. The van der Waals surface area contributed by atoms with Crippen molar-refractivity contribution >= 4 is 34.3 Å². The van der Waals surface area contributed by atoms with Gasteiger partial charge in [0.25, 0.3) is 11.8 Å². The molecule has 1 atom stereocenters. The maximum Gasteiger partial charge on any atom is 0.269 e. The Morgan fingerprint density at radius 2 is 1.84 bits per heavy atom. The Morgan fingerprint density at radius 3 is 2.58 bits per heavy atom. The summed E-state index contributed by atoms with van der Waals surface area (Å²) in [5, 5.41) is 4.27. The molecular formula is C24H26ClN3O3. The molecule has 0 radical (unpaired) electrons. The van der Waals surface area contributed by atoms with Crippen LogP contribution in [0.25, 0.3) is 10.9 Å². The lowest BCUT2D eigenvalue weighted by atomic mass is 10.0. The lowest BCUT2D eigenvalue weighted by Crippen LogP contribution is -2.33. The predicted molar refractivity (Wildman–Crippen MR) is 122 cm³/mol. The zero-order chi connectivity index (χ0) is 21.8. The van der Waals surface area contributed by atoms with Crippen LogP contribution in [0.2, 0.25) is 5.02 Å². The second-order valence-electron chi connectivity index (χ2n) is 7.71. The number of amides is 2. The molecule has 0 bridgehead atoms. The highest BCUT2D eigenvalue weighted by atomic mass is 35.5. The number of nitrogens with zero attached hydrogens (tertiary/aromatic N) is 1. The number of fused-ring (bicyclic) bond motifs is 1. The first-order valence-electron chi connectivity index (χ1n) is 10.6. The monoisotopic (exact) mass is 439 g/mol. The molecule has 1 saturated heterocycles. The summed E-state index contributed by atoms with van der Waals surface area (Å²) in [6.45, 7) is 3.57. The number of ether oxygens (including phenoxy) is 1. The van der Waals surface area contributed by atoms with Gasteiger partial charge in [-0.2, -0.15) is 0 Å². The summed E-state index contributed by atoms with van der Waals surface area (Å²) < 4.78 is 5.88. The SMILES string of the molecule is CCC(NC(=O)c1[nH]c2ccccc2c1Cl)c1ccccc1OCC(=O)N1CCCC1. The number of aromatic nitrogens is 1. The molecule has 3 aromatic rings. The molecule has 31 heavy (non-hydrogen) atoms. The number of para-hydroxylation sites is 2. The van der Waals surface area contributed by atoms with Gasteiger partial charge in [0.1, 0.15) is 11.4 Å². The summed E-state index contributed by atoms with van der Waals surface area (Å²) >= 11 is 6.44. The molecule has 0 aliphatic carbocycles. The Balaban J connectivity index is 1.50. The topological polar surface area (TPSA) is 74.4 Å². The molecule has 7 heteroatoms. The molecule has 0 saturated carbocycles. The molecule has 1 aliphatic rings. The van der Waals surface area contributed by atoms with E-state index in [0.717, 1.165) is 42.4 Å². The molecule has 2 N–H and O–H groups in total. The molecule has 2 aromatic carbocycles. The summed E-state index contributed by atoms with van der Waals surface area (Å²) in [5.74, 6) is 0.315. The van der Waals surface area contributed by atoms with Crippen LogP contribution in [0.15, 0.2) is 48.5 Å². The van der Waals surface area contributed by atoms with E-state index in [1.54, 1.807) is 0 Å². The second-order valence-corrected chi connectivity index (χ2v) is 8.09. The first-order valence-corrected chi connectivity index (χ1v) is 11.0. The molecule has 6 nitrogen and oxygen atoms in total. The van der Waals surface area contributed by atoms with Gasteiger partial charge < -0.3 is 19.9 Å². The van der Waals surface area contributed by atoms with Crippen molar-refractivity contribution in [3.8, 4) is 5.75 Å². The highest BCUT2D eigenvalue weighted by Crippen LogP contribution is 2.30. The van der Waals surface area contributed by atoms with E-state index in [4.69, 9.17) is 16.3 Å². The second kappa shape index (κ2) is 9.43. The zero-order valence-electron chi connectivity index (χ0n) is 17.5. The van der Waals surface area contributed by atoms with E-state index < -0.39 is 0 Å². The molecule has 162 valence electrons. The average Bonchev–Trinajstić information content (AvgIpc) is 3.45. The van der Waals surface area contributed by atoms with Crippen molar-refractivity contribution < 1.29 is 14.3 Å². The molecular weight excluding hydrogens is 414 g/mol. The van der Waals surface area contributed by atoms with Crippen molar-refractivity contribution in [1.82, 2.24) is 15.2 Å². The molecule has 1 aliphatic heterocycles. The molecule has 4 rings (SSSR count). The number of carbonyl (C=O) groups excluding carboxylic acids is 2. The summed E-state index contributed by atoms with van der Waals surface area (Å²) in [6.07, 6.45) is 2.75. The van der Waals surface area contributed by atoms with E-state index in [2.05, 4.69) is 10.3 Å². The number of halogens is 1. The number of benzene rings is 2. The van der Waals surface area contributed by atoms with E-state index in [0.29, 0.717) is 22.9 Å². The Morgan fingerprint density at radius 1 is 1.13 bits per heavy atom. The van der Waals surface area contributed by atoms with Crippen molar-refractivity contribution in [2.75, 3.05) is 19.7 Å². The van der Waals surface area contributed by atoms with Crippen LogP contribution in [0.4, 0.5) is 0 Å². The predicted octanol–water partition coefficient (Wildman–Crippen LogP) is 4.70. The molecule has 1 unspecified atom stereocenters. The highest BCUT2D eigenvalue weighted by molar-refractivity contribution is 6.38. The third-order valence-corrected chi connectivity index (χ3v) is 6.08. The number of likely N-dealkylation sites (tertiary alicyclic amines) is 1. The quantitative estimate of drug-likeness (QED) is 0.560. The van der Waals surface area contributed by atoms with Gasteiger partial charge in [-0.25, -0.2) is 0 Å². The van der Waals surface area contributed by atoms with Crippen LogP contribution in [-0.2, 0) is 4.79 Å². The first kappa shape index (κ1) is 21.2. The van der Waals surface area contributed by atoms with Gasteiger partial charge in [0.05, 0.1) is 11.1 Å². The fourth-order valence-electron chi connectivity index (χ4n) is 3.99. The van der Waals surface area contributed by atoms with Gasteiger partial charge in [-0.1, -0.05) is 54.9 Å². The normalized spacial score (nSPS) is 14.6. The number of hydrogen-bond donors (Lipinski definition) is 2. The van der Waals surface area contributed by atoms with Crippen LogP contribution in [0.1, 0.15) is 48.3 Å². The number of nitrogens with one attached hydrogen (secondary N) is 2. The first-order chi connectivity index (χ1) is 15.1. The molecule has 1 aromatic heterocycles. The van der Waals surface area contributed by atoms with Gasteiger partial charge in [0, 0.05) is 29.6 Å². The molecule has 2 amide bonds. The van der Waals surface area contributed by atoms with E-state index in [9.17, 15) is 9.59 Å². The minimum Gasteiger partial charge on any atom is -0.483 e. The van der Waals surface area contributed by atoms with Gasteiger partial charge in [-0.3, -0.25) is 9.59 Å². The Kier molecular flexibility index (Phi) is 6.47. The fourth-order valence-corrected chi connectivity index (χ4v) is 4.29. The van der Waals surface area contributed by atoms with E-state index >= 15 is 0 Å². The molecule has 0 spiro atoms. The van der Waals surface area contributed by atoms with Crippen molar-refractivity contribution in [2.24, 2.45) is 0 Å². The van der Waals surface area contributed by atoms with Gasteiger partial charge in [0.15, 0.2) is 6.61 Å². The van der Waals surface area contributed by atoms with Crippen LogP contribution in [0.3, 0.4) is 0 Å².